The highest BCUT2D eigenvalue weighted by Gasteiger charge is 2.33. The Morgan fingerprint density at radius 1 is 1.41 bits per heavy atom. The number of rotatable bonds is 5. The largest absolute Gasteiger partial charge is 0.435 e. The van der Waals surface area contributed by atoms with E-state index in [4.69, 9.17) is 0 Å². The fourth-order valence-electron chi connectivity index (χ4n) is 2.16. The summed E-state index contributed by atoms with van der Waals surface area (Å²) in [5, 5.41) is 3.40. The maximum absolute atomic E-state index is 12.1. The highest BCUT2D eigenvalue weighted by Crippen LogP contribution is 2.29. The Morgan fingerprint density at radius 2 is 2.00 bits per heavy atom. The summed E-state index contributed by atoms with van der Waals surface area (Å²) in [6, 6.07) is 7.17. The molecule has 0 aliphatic heterocycles. The molecule has 7 heteroatoms. The molecular weight excluding hydrogens is 403 g/mol. The summed E-state index contributed by atoms with van der Waals surface area (Å²) in [5.74, 6) is 1.71. The van der Waals surface area contributed by atoms with Gasteiger partial charge in [-0.15, -0.1) is 24.0 Å². The van der Waals surface area contributed by atoms with E-state index in [0.717, 1.165) is 11.5 Å². The molecule has 2 unspecified atom stereocenters. The average molecular weight is 425 g/mol. The third-order valence-electron chi connectivity index (χ3n) is 3.57. The molecule has 0 saturated heterocycles. The number of halogens is 3. The highest BCUT2D eigenvalue weighted by molar-refractivity contribution is 14.0. The Hall–Kier alpha value is -1.12. The van der Waals surface area contributed by atoms with Crippen molar-refractivity contribution >= 4 is 29.9 Å². The smallest absolute Gasteiger partial charge is 0.387 e. The van der Waals surface area contributed by atoms with Gasteiger partial charge in [-0.3, -0.25) is 4.99 Å². The molecule has 1 N–H and O–H groups in total. The van der Waals surface area contributed by atoms with Crippen molar-refractivity contribution in [2.45, 2.75) is 32.5 Å². The Balaban J connectivity index is 0.00000242. The summed E-state index contributed by atoms with van der Waals surface area (Å²) >= 11 is 0. The molecule has 22 heavy (non-hydrogen) atoms. The fraction of sp³-hybridized carbons (Fsp3) is 0.533. The predicted molar refractivity (Wildman–Crippen MR) is 94.0 cm³/mol. The van der Waals surface area contributed by atoms with Crippen molar-refractivity contribution < 1.29 is 13.5 Å². The zero-order valence-electron chi connectivity index (χ0n) is 12.9. The molecule has 4 nitrogen and oxygen atoms in total. The Morgan fingerprint density at radius 3 is 2.45 bits per heavy atom. The van der Waals surface area contributed by atoms with Gasteiger partial charge < -0.3 is 15.0 Å². The van der Waals surface area contributed by atoms with E-state index in [1.807, 2.05) is 11.9 Å². The number of nitrogens with zero attached hydrogens (tertiary/aromatic N) is 2. The Labute approximate surface area is 147 Å². The summed E-state index contributed by atoms with van der Waals surface area (Å²) in [4.78, 5) is 6.27. The molecule has 0 amide bonds. The first kappa shape index (κ1) is 18.9. The molecule has 2 atom stereocenters. The maximum atomic E-state index is 12.1. The van der Waals surface area contributed by atoms with Gasteiger partial charge in [0.2, 0.25) is 0 Å². The van der Waals surface area contributed by atoms with Crippen molar-refractivity contribution in [3.8, 4) is 5.75 Å². The van der Waals surface area contributed by atoms with Crippen LogP contribution in [0.2, 0.25) is 0 Å². The molecule has 1 aromatic rings. The minimum Gasteiger partial charge on any atom is -0.435 e. The number of ether oxygens (including phenoxy) is 1. The molecule has 1 fully saturated rings. The van der Waals surface area contributed by atoms with Crippen LogP contribution < -0.4 is 10.1 Å². The number of guanidine groups is 1. The molecular formula is C15H22F2IN3O. The van der Waals surface area contributed by atoms with Crippen LogP contribution >= 0.6 is 24.0 Å². The quantitative estimate of drug-likeness (QED) is 0.447. The van der Waals surface area contributed by atoms with E-state index in [9.17, 15) is 8.78 Å². The van der Waals surface area contributed by atoms with Crippen LogP contribution in [0.5, 0.6) is 5.75 Å². The Kier molecular flexibility index (Phi) is 7.31. The first-order valence-corrected chi connectivity index (χ1v) is 6.97. The maximum Gasteiger partial charge on any atom is 0.387 e. The van der Waals surface area contributed by atoms with Crippen LogP contribution in [-0.4, -0.2) is 37.6 Å². The molecule has 0 aromatic heterocycles. The molecule has 1 aromatic carbocycles. The van der Waals surface area contributed by atoms with Gasteiger partial charge >= 0.3 is 6.61 Å². The van der Waals surface area contributed by atoms with Crippen molar-refractivity contribution in [1.82, 2.24) is 10.2 Å². The number of aliphatic imine (C=N–C) groups is 1. The van der Waals surface area contributed by atoms with Gasteiger partial charge in [0.15, 0.2) is 5.96 Å². The summed E-state index contributed by atoms with van der Waals surface area (Å²) < 4.78 is 28.5. The topological polar surface area (TPSA) is 36.9 Å². The van der Waals surface area contributed by atoms with E-state index in [1.165, 1.54) is 6.42 Å². The number of hydrogen-bond donors (Lipinski definition) is 1. The second kappa shape index (κ2) is 8.50. The number of alkyl halides is 2. The van der Waals surface area contributed by atoms with Crippen molar-refractivity contribution in [2.75, 3.05) is 14.1 Å². The second-order valence-electron chi connectivity index (χ2n) is 5.39. The van der Waals surface area contributed by atoms with Crippen LogP contribution in [0.25, 0.3) is 0 Å². The lowest BCUT2D eigenvalue weighted by molar-refractivity contribution is -0.0498. The van der Waals surface area contributed by atoms with Gasteiger partial charge in [-0.1, -0.05) is 19.1 Å². The standard InChI is InChI=1S/C15H21F2N3O.HI/c1-10-8-13(10)19-15(18-2)20(3)9-11-4-6-12(7-5-11)21-14(16)17;/h4-7,10,13-14H,8-9H2,1-3H3,(H,18,19);1H. The van der Waals surface area contributed by atoms with E-state index >= 15 is 0 Å². The summed E-state index contributed by atoms with van der Waals surface area (Å²) in [7, 11) is 3.71. The average Bonchev–Trinajstić information content (AvgIpc) is 3.13. The minimum absolute atomic E-state index is 0. The first-order chi connectivity index (χ1) is 9.99. The van der Waals surface area contributed by atoms with Crippen molar-refractivity contribution in [1.29, 1.82) is 0 Å². The molecule has 1 aliphatic carbocycles. The van der Waals surface area contributed by atoms with Crippen LogP contribution in [0.15, 0.2) is 29.3 Å². The zero-order chi connectivity index (χ0) is 15.4. The van der Waals surface area contributed by atoms with Gasteiger partial charge in [-0.2, -0.15) is 8.78 Å². The first-order valence-electron chi connectivity index (χ1n) is 6.97. The monoisotopic (exact) mass is 425 g/mol. The van der Waals surface area contributed by atoms with Crippen molar-refractivity contribution in [3.63, 3.8) is 0 Å². The Bertz CT molecular complexity index is 496. The molecule has 0 radical (unpaired) electrons. The molecule has 124 valence electrons. The lowest BCUT2D eigenvalue weighted by atomic mass is 10.2. The highest BCUT2D eigenvalue weighted by atomic mass is 127. The van der Waals surface area contributed by atoms with E-state index in [1.54, 1.807) is 31.3 Å². The molecule has 1 saturated carbocycles. The van der Waals surface area contributed by atoms with Gasteiger partial charge in [0.1, 0.15) is 5.75 Å². The van der Waals surface area contributed by atoms with Gasteiger partial charge in [-0.25, -0.2) is 0 Å². The van der Waals surface area contributed by atoms with Crippen LogP contribution in [0.4, 0.5) is 8.78 Å². The van der Waals surface area contributed by atoms with Gasteiger partial charge in [0.05, 0.1) is 0 Å². The van der Waals surface area contributed by atoms with E-state index in [-0.39, 0.29) is 29.7 Å². The lowest BCUT2D eigenvalue weighted by Crippen LogP contribution is -2.40. The van der Waals surface area contributed by atoms with Gasteiger partial charge in [0, 0.05) is 26.7 Å². The van der Waals surface area contributed by atoms with E-state index in [2.05, 4.69) is 22.0 Å². The number of nitrogens with one attached hydrogen (secondary N) is 1. The van der Waals surface area contributed by atoms with Crippen LogP contribution in [0, 0.1) is 5.92 Å². The molecule has 0 spiro atoms. The van der Waals surface area contributed by atoms with E-state index in [0.29, 0.717) is 18.5 Å². The van der Waals surface area contributed by atoms with Crippen LogP contribution in [0.3, 0.4) is 0 Å². The second-order valence-corrected chi connectivity index (χ2v) is 5.39. The summed E-state index contributed by atoms with van der Waals surface area (Å²) in [6.45, 7) is 0.0599. The molecule has 2 rings (SSSR count). The van der Waals surface area contributed by atoms with Crippen LogP contribution in [-0.2, 0) is 6.54 Å². The van der Waals surface area contributed by atoms with E-state index < -0.39 is 6.61 Å². The summed E-state index contributed by atoms with van der Waals surface area (Å²) in [5.41, 5.74) is 1.01. The summed E-state index contributed by atoms with van der Waals surface area (Å²) in [6.07, 6.45) is 1.17. The number of benzene rings is 1. The molecule has 0 bridgehead atoms. The van der Waals surface area contributed by atoms with Crippen LogP contribution in [0.1, 0.15) is 18.9 Å². The molecule has 1 aliphatic rings. The van der Waals surface area contributed by atoms with Gasteiger partial charge in [-0.05, 0) is 30.0 Å². The number of hydrogen-bond acceptors (Lipinski definition) is 2. The fourth-order valence-corrected chi connectivity index (χ4v) is 2.16. The zero-order valence-corrected chi connectivity index (χ0v) is 15.3. The van der Waals surface area contributed by atoms with Gasteiger partial charge in [0.25, 0.3) is 0 Å². The van der Waals surface area contributed by atoms with Crippen molar-refractivity contribution in [3.05, 3.63) is 29.8 Å². The third kappa shape index (κ3) is 5.58. The minimum atomic E-state index is -2.79. The normalized spacial score (nSPS) is 20.4. The predicted octanol–water partition coefficient (Wildman–Crippen LogP) is 3.32. The lowest BCUT2D eigenvalue weighted by Gasteiger charge is -2.22. The third-order valence-corrected chi connectivity index (χ3v) is 3.57. The SMILES string of the molecule is CN=C(NC1CC1C)N(C)Cc1ccc(OC(F)F)cc1.I. The molecule has 0 heterocycles. The van der Waals surface area contributed by atoms with Crippen molar-refractivity contribution in [2.24, 2.45) is 10.9 Å².